The number of carbonyl (C=O) groups is 3. The summed E-state index contributed by atoms with van der Waals surface area (Å²) in [6.45, 7) is 1.42. The van der Waals surface area contributed by atoms with E-state index < -0.39 is 30.7 Å². The molecular formula is C16H20ClNO6. The molecule has 0 aliphatic heterocycles. The van der Waals surface area contributed by atoms with Gasteiger partial charge in [-0.1, -0.05) is 30.7 Å². The van der Waals surface area contributed by atoms with Gasteiger partial charge in [-0.3, -0.25) is 9.59 Å². The molecule has 0 aromatic heterocycles. The summed E-state index contributed by atoms with van der Waals surface area (Å²) in [5.41, 5.74) is 0.733. The van der Waals surface area contributed by atoms with Gasteiger partial charge in [0.15, 0.2) is 0 Å². The minimum absolute atomic E-state index is 0.0652. The van der Waals surface area contributed by atoms with Crippen molar-refractivity contribution in [3.05, 3.63) is 34.9 Å². The van der Waals surface area contributed by atoms with Gasteiger partial charge < -0.3 is 19.9 Å². The van der Waals surface area contributed by atoms with Gasteiger partial charge in [0, 0.05) is 23.9 Å². The van der Waals surface area contributed by atoms with E-state index >= 15 is 0 Å². The number of carboxylic acids is 1. The van der Waals surface area contributed by atoms with Gasteiger partial charge in [0.05, 0.1) is 6.42 Å². The minimum atomic E-state index is -0.987. The number of hydrogen-bond donors (Lipinski definition) is 2. The van der Waals surface area contributed by atoms with Crippen LogP contribution in [0.4, 0.5) is 4.79 Å². The van der Waals surface area contributed by atoms with Crippen molar-refractivity contribution in [3.8, 4) is 0 Å². The Labute approximate surface area is 144 Å². The Morgan fingerprint density at radius 3 is 2.46 bits per heavy atom. The molecule has 0 saturated heterocycles. The highest BCUT2D eigenvalue weighted by atomic mass is 35.5. The lowest BCUT2D eigenvalue weighted by atomic mass is 9.96. The van der Waals surface area contributed by atoms with E-state index in [0.717, 1.165) is 5.56 Å². The number of halogens is 1. The molecule has 1 atom stereocenters. The molecule has 7 nitrogen and oxygen atoms in total. The molecule has 0 fully saturated rings. The maximum absolute atomic E-state index is 11.6. The van der Waals surface area contributed by atoms with Crippen molar-refractivity contribution in [2.24, 2.45) is 0 Å². The molecule has 0 saturated carbocycles. The van der Waals surface area contributed by atoms with Gasteiger partial charge in [0.25, 0.3) is 0 Å². The number of nitrogens with one attached hydrogen (secondary N) is 1. The molecule has 2 N–H and O–H groups in total. The summed E-state index contributed by atoms with van der Waals surface area (Å²) in [6.07, 6.45) is -0.0535. The van der Waals surface area contributed by atoms with Gasteiger partial charge in [0.1, 0.15) is 0 Å². The number of carboxylic acid groups (broad SMARTS) is 1. The normalized spacial score (nSPS) is 11.4. The van der Waals surface area contributed by atoms with Crippen molar-refractivity contribution in [1.82, 2.24) is 5.32 Å². The number of rotatable bonds is 9. The second kappa shape index (κ2) is 10.5. The molecule has 1 aromatic carbocycles. The predicted octanol–water partition coefficient (Wildman–Crippen LogP) is 2.93. The standard InChI is InChI=1S/C16H20ClNO6/c1-2-3-15(21)23-10-24-16(22)18-9-12(8-14(19)20)11-4-6-13(17)7-5-11/h4-7,12H,2-3,8-10H2,1H3,(H,18,22)(H,19,20)/t12-/m0/s1. The van der Waals surface area contributed by atoms with Crippen LogP contribution in [0.15, 0.2) is 24.3 Å². The summed E-state index contributed by atoms with van der Waals surface area (Å²) in [5.74, 6) is -1.87. The van der Waals surface area contributed by atoms with Crippen molar-refractivity contribution >= 4 is 29.6 Å². The van der Waals surface area contributed by atoms with Crippen molar-refractivity contribution in [2.75, 3.05) is 13.3 Å². The van der Waals surface area contributed by atoms with Gasteiger partial charge in [-0.05, 0) is 24.1 Å². The summed E-state index contributed by atoms with van der Waals surface area (Å²) in [6, 6.07) is 6.71. The topological polar surface area (TPSA) is 102 Å². The van der Waals surface area contributed by atoms with Crippen molar-refractivity contribution in [1.29, 1.82) is 0 Å². The first-order chi connectivity index (χ1) is 11.4. The molecule has 132 valence electrons. The van der Waals surface area contributed by atoms with E-state index in [1.807, 2.05) is 6.92 Å². The first kappa shape index (κ1) is 19.8. The Morgan fingerprint density at radius 2 is 1.88 bits per heavy atom. The number of hydrogen-bond acceptors (Lipinski definition) is 5. The molecular weight excluding hydrogens is 338 g/mol. The lowest BCUT2D eigenvalue weighted by Gasteiger charge is -2.16. The summed E-state index contributed by atoms with van der Waals surface area (Å²) in [4.78, 5) is 33.7. The average molecular weight is 358 g/mol. The Morgan fingerprint density at radius 1 is 1.21 bits per heavy atom. The van der Waals surface area contributed by atoms with Crippen LogP contribution in [-0.4, -0.2) is 36.5 Å². The van der Waals surface area contributed by atoms with Crippen LogP contribution < -0.4 is 5.32 Å². The largest absolute Gasteiger partial charge is 0.481 e. The number of amides is 1. The fourth-order valence-electron chi connectivity index (χ4n) is 1.94. The third-order valence-corrected chi connectivity index (χ3v) is 3.37. The zero-order valence-corrected chi connectivity index (χ0v) is 14.0. The second-order valence-electron chi connectivity index (χ2n) is 5.04. The lowest BCUT2D eigenvalue weighted by Crippen LogP contribution is -2.30. The van der Waals surface area contributed by atoms with E-state index in [1.165, 1.54) is 0 Å². The molecule has 24 heavy (non-hydrogen) atoms. The molecule has 1 aromatic rings. The van der Waals surface area contributed by atoms with Crippen molar-refractivity contribution < 1.29 is 29.0 Å². The van der Waals surface area contributed by atoms with Crippen LogP contribution >= 0.6 is 11.6 Å². The van der Waals surface area contributed by atoms with Gasteiger partial charge >= 0.3 is 18.0 Å². The zero-order chi connectivity index (χ0) is 17.9. The number of carbonyl (C=O) groups excluding carboxylic acids is 2. The maximum Gasteiger partial charge on any atom is 0.410 e. The summed E-state index contributed by atoms with van der Waals surface area (Å²) >= 11 is 5.81. The Kier molecular flexibility index (Phi) is 8.64. The molecule has 0 heterocycles. The molecule has 1 amide bonds. The van der Waals surface area contributed by atoms with E-state index in [2.05, 4.69) is 5.32 Å². The summed E-state index contributed by atoms with van der Waals surface area (Å²) in [7, 11) is 0. The van der Waals surface area contributed by atoms with Gasteiger partial charge in [-0.2, -0.15) is 0 Å². The number of benzene rings is 1. The number of aliphatic carboxylic acids is 1. The average Bonchev–Trinajstić information content (AvgIpc) is 2.52. The Balaban J connectivity index is 2.46. The molecule has 0 radical (unpaired) electrons. The van der Waals surface area contributed by atoms with E-state index in [9.17, 15) is 14.4 Å². The van der Waals surface area contributed by atoms with Crippen molar-refractivity contribution in [2.45, 2.75) is 32.1 Å². The smallest absolute Gasteiger partial charge is 0.410 e. The van der Waals surface area contributed by atoms with Gasteiger partial charge in [0.2, 0.25) is 6.79 Å². The molecule has 0 aliphatic rings. The highest BCUT2D eigenvalue weighted by Gasteiger charge is 2.17. The first-order valence-corrected chi connectivity index (χ1v) is 7.83. The zero-order valence-electron chi connectivity index (χ0n) is 13.3. The number of esters is 1. The molecule has 0 unspecified atom stereocenters. The summed E-state index contributed by atoms with van der Waals surface area (Å²) < 4.78 is 9.40. The van der Waals surface area contributed by atoms with Crippen LogP contribution in [0.25, 0.3) is 0 Å². The second-order valence-corrected chi connectivity index (χ2v) is 5.48. The van der Waals surface area contributed by atoms with Gasteiger partial charge in [-0.25, -0.2) is 4.79 Å². The van der Waals surface area contributed by atoms with E-state index in [0.29, 0.717) is 11.4 Å². The predicted molar refractivity (Wildman–Crippen MR) is 86.8 cm³/mol. The fraction of sp³-hybridized carbons (Fsp3) is 0.438. The lowest BCUT2D eigenvalue weighted by molar-refractivity contribution is -0.151. The summed E-state index contributed by atoms with van der Waals surface area (Å²) in [5, 5.41) is 12.0. The Bertz CT molecular complexity index is 560. The van der Waals surface area contributed by atoms with E-state index in [-0.39, 0.29) is 19.4 Å². The van der Waals surface area contributed by atoms with Crippen LogP contribution in [0.3, 0.4) is 0 Å². The highest BCUT2D eigenvalue weighted by molar-refractivity contribution is 6.30. The minimum Gasteiger partial charge on any atom is -0.481 e. The van der Waals surface area contributed by atoms with Crippen LogP contribution in [0.1, 0.15) is 37.7 Å². The number of alkyl carbamates (subject to hydrolysis) is 1. The third-order valence-electron chi connectivity index (χ3n) is 3.12. The maximum atomic E-state index is 11.6. The molecule has 8 heteroatoms. The Hall–Kier alpha value is -2.28. The van der Waals surface area contributed by atoms with Crippen LogP contribution in [0.5, 0.6) is 0 Å². The third kappa shape index (κ3) is 7.82. The quantitative estimate of drug-likeness (QED) is 0.520. The number of ether oxygens (including phenoxy) is 2. The SMILES string of the molecule is CCCC(=O)OCOC(=O)NC[C@H](CC(=O)O)c1ccc(Cl)cc1. The van der Waals surface area contributed by atoms with Crippen LogP contribution in [0.2, 0.25) is 5.02 Å². The molecule has 1 rings (SSSR count). The van der Waals surface area contributed by atoms with Gasteiger partial charge in [-0.15, -0.1) is 0 Å². The van der Waals surface area contributed by atoms with Crippen LogP contribution in [0, 0.1) is 0 Å². The monoisotopic (exact) mass is 357 g/mol. The van der Waals surface area contributed by atoms with E-state index in [4.69, 9.17) is 26.2 Å². The molecule has 0 aliphatic carbocycles. The van der Waals surface area contributed by atoms with Crippen molar-refractivity contribution in [3.63, 3.8) is 0 Å². The fourth-order valence-corrected chi connectivity index (χ4v) is 2.06. The molecule has 0 spiro atoms. The highest BCUT2D eigenvalue weighted by Crippen LogP contribution is 2.21. The first-order valence-electron chi connectivity index (χ1n) is 7.45. The molecule has 0 bridgehead atoms. The van der Waals surface area contributed by atoms with Crippen LogP contribution in [-0.2, 0) is 19.1 Å². The van der Waals surface area contributed by atoms with E-state index in [1.54, 1.807) is 24.3 Å².